The third-order valence-electron chi connectivity index (χ3n) is 2.72. The summed E-state index contributed by atoms with van der Waals surface area (Å²) in [7, 11) is 1.92. The Morgan fingerprint density at radius 2 is 2.18 bits per heavy atom. The lowest BCUT2D eigenvalue weighted by atomic mass is 10.1. The second-order valence-electron chi connectivity index (χ2n) is 4.63. The van der Waals surface area contributed by atoms with Gasteiger partial charge in [-0.25, -0.2) is 0 Å². The molecule has 0 aliphatic rings. The number of aryl methyl sites for hydroxylation is 1. The highest BCUT2D eigenvalue weighted by Gasteiger charge is 2.07. The highest BCUT2D eigenvalue weighted by molar-refractivity contribution is 5.29. The molecule has 17 heavy (non-hydrogen) atoms. The summed E-state index contributed by atoms with van der Waals surface area (Å²) in [6.45, 7) is 7.95. The van der Waals surface area contributed by atoms with E-state index < -0.39 is 0 Å². The van der Waals surface area contributed by atoms with Gasteiger partial charge in [-0.05, 0) is 38.4 Å². The van der Waals surface area contributed by atoms with Gasteiger partial charge in [-0.2, -0.15) is 0 Å². The largest absolute Gasteiger partial charge is 0.491 e. The molecule has 1 aromatic rings. The van der Waals surface area contributed by atoms with Crippen molar-refractivity contribution in [2.45, 2.75) is 40.2 Å². The maximum Gasteiger partial charge on any atom is 0.142 e. The molecule has 0 saturated heterocycles. The molecule has 0 amide bonds. The number of rotatable bonds is 7. The Hall–Kier alpha value is -1.09. The highest BCUT2D eigenvalue weighted by atomic mass is 16.5. The van der Waals surface area contributed by atoms with Gasteiger partial charge in [0.15, 0.2) is 0 Å². The topological polar surface area (TPSA) is 34.1 Å². The Balaban J connectivity index is 2.62. The van der Waals surface area contributed by atoms with E-state index in [0.717, 1.165) is 30.3 Å². The minimum atomic E-state index is 0.601. The van der Waals surface area contributed by atoms with Gasteiger partial charge < -0.3 is 10.1 Å². The first kappa shape index (κ1) is 14.0. The molecule has 0 radical (unpaired) electrons. The van der Waals surface area contributed by atoms with Crippen molar-refractivity contribution in [3.05, 3.63) is 23.5 Å². The molecule has 0 fully saturated rings. The van der Waals surface area contributed by atoms with Crippen molar-refractivity contribution in [3.63, 3.8) is 0 Å². The van der Waals surface area contributed by atoms with Gasteiger partial charge in [0.2, 0.25) is 0 Å². The van der Waals surface area contributed by atoms with E-state index >= 15 is 0 Å². The van der Waals surface area contributed by atoms with Crippen LogP contribution in [0.15, 0.2) is 12.1 Å². The average Bonchev–Trinajstić information content (AvgIpc) is 2.29. The fourth-order valence-electron chi connectivity index (χ4n) is 1.83. The van der Waals surface area contributed by atoms with Crippen LogP contribution in [0.3, 0.4) is 0 Å². The van der Waals surface area contributed by atoms with Crippen molar-refractivity contribution in [2.24, 2.45) is 5.92 Å². The third kappa shape index (κ3) is 4.73. The number of aromatic nitrogens is 1. The van der Waals surface area contributed by atoms with Gasteiger partial charge >= 0.3 is 0 Å². The normalized spacial score (nSPS) is 12.5. The van der Waals surface area contributed by atoms with Crippen LogP contribution in [0.1, 0.15) is 38.1 Å². The van der Waals surface area contributed by atoms with Crippen LogP contribution in [-0.4, -0.2) is 18.6 Å². The van der Waals surface area contributed by atoms with Crippen molar-refractivity contribution in [3.8, 4) is 5.75 Å². The van der Waals surface area contributed by atoms with E-state index in [-0.39, 0.29) is 0 Å². The summed E-state index contributed by atoms with van der Waals surface area (Å²) in [5, 5.41) is 3.12. The summed E-state index contributed by atoms with van der Waals surface area (Å²) in [6, 6.07) is 4.02. The van der Waals surface area contributed by atoms with Gasteiger partial charge in [0, 0.05) is 12.2 Å². The van der Waals surface area contributed by atoms with Gasteiger partial charge in [0.25, 0.3) is 0 Å². The molecule has 3 heteroatoms. The van der Waals surface area contributed by atoms with Crippen LogP contribution in [0.4, 0.5) is 0 Å². The Kier molecular flexibility index (Phi) is 5.98. The minimum Gasteiger partial charge on any atom is -0.491 e. The summed E-state index contributed by atoms with van der Waals surface area (Å²) in [5.74, 6) is 1.51. The number of nitrogens with one attached hydrogen (secondary N) is 1. The van der Waals surface area contributed by atoms with Crippen molar-refractivity contribution in [1.29, 1.82) is 0 Å². The van der Waals surface area contributed by atoms with Crippen LogP contribution >= 0.6 is 0 Å². The molecule has 0 aliphatic heterocycles. The third-order valence-corrected chi connectivity index (χ3v) is 2.72. The Morgan fingerprint density at radius 3 is 2.82 bits per heavy atom. The molecular formula is C14H24N2O. The number of ether oxygens (including phenoxy) is 1. The van der Waals surface area contributed by atoms with Gasteiger partial charge in [-0.1, -0.05) is 20.3 Å². The molecule has 1 atom stereocenters. The van der Waals surface area contributed by atoms with E-state index in [1.165, 1.54) is 12.8 Å². The van der Waals surface area contributed by atoms with Crippen molar-refractivity contribution in [2.75, 3.05) is 13.7 Å². The SMILES string of the molecule is CCCC(C)COc1ccc(C)nc1CNC. The van der Waals surface area contributed by atoms with Crippen molar-refractivity contribution in [1.82, 2.24) is 10.3 Å². The number of hydrogen-bond donors (Lipinski definition) is 1. The summed E-state index contributed by atoms with van der Waals surface area (Å²) < 4.78 is 5.86. The van der Waals surface area contributed by atoms with Crippen LogP contribution < -0.4 is 10.1 Å². The zero-order valence-corrected chi connectivity index (χ0v) is 11.4. The first-order chi connectivity index (χ1) is 8.17. The van der Waals surface area contributed by atoms with Crippen LogP contribution in [-0.2, 0) is 6.54 Å². The van der Waals surface area contributed by atoms with Crippen LogP contribution in [0.2, 0.25) is 0 Å². The van der Waals surface area contributed by atoms with E-state index in [1.807, 2.05) is 26.1 Å². The molecule has 1 N–H and O–H groups in total. The second-order valence-corrected chi connectivity index (χ2v) is 4.63. The molecule has 0 aromatic carbocycles. The maximum absolute atomic E-state index is 5.86. The number of hydrogen-bond acceptors (Lipinski definition) is 3. The van der Waals surface area contributed by atoms with Crippen molar-refractivity contribution >= 4 is 0 Å². The molecule has 0 aliphatic carbocycles. The lowest BCUT2D eigenvalue weighted by Gasteiger charge is -2.14. The predicted molar refractivity (Wildman–Crippen MR) is 71.3 cm³/mol. The summed E-state index contributed by atoms with van der Waals surface area (Å²) in [5.41, 5.74) is 2.03. The molecule has 0 spiro atoms. The molecule has 1 unspecified atom stereocenters. The van der Waals surface area contributed by atoms with Crippen LogP contribution in [0.5, 0.6) is 5.75 Å². The molecular weight excluding hydrogens is 212 g/mol. The second kappa shape index (κ2) is 7.28. The predicted octanol–water partition coefficient (Wildman–Crippen LogP) is 2.92. The molecule has 3 nitrogen and oxygen atoms in total. The van der Waals surface area contributed by atoms with E-state index in [9.17, 15) is 0 Å². The van der Waals surface area contributed by atoms with Gasteiger partial charge in [-0.15, -0.1) is 0 Å². The lowest BCUT2D eigenvalue weighted by molar-refractivity contribution is 0.248. The quantitative estimate of drug-likeness (QED) is 0.790. The Bertz CT molecular complexity index is 339. The number of pyridine rings is 1. The molecule has 0 bridgehead atoms. The standard InChI is InChI=1S/C14H24N2O/c1-5-6-11(2)10-17-14-8-7-12(3)16-13(14)9-15-4/h7-8,11,15H,5-6,9-10H2,1-4H3. The van der Waals surface area contributed by atoms with Crippen molar-refractivity contribution < 1.29 is 4.74 Å². The highest BCUT2D eigenvalue weighted by Crippen LogP contribution is 2.18. The van der Waals surface area contributed by atoms with E-state index in [1.54, 1.807) is 0 Å². The zero-order chi connectivity index (χ0) is 12.7. The average molecular weight is 236 g/mol. The summed E-state index contributed by atoms with van der Waals surface area (Å²) >= 11 is 0. The Morgan fingerprint density at radius 1 is 1.41 bits per heavy atom. The Labute approximate surface area is 105 Å². The van der Waals surface area contributed by atoms with Gasteiger partial charge in [-0.3, -0.25) is 4.98 Å². The smallest absolute Gasteiger partial charge is 0.142 e. The number of nitrogens with zero attached hydrogens (tertiary/aromatic N) is 1. The minimum absolute atomic E-state index is 0.601. The fraction of sp³-hybridized carbons (Fsp3) is 0.643. The first-order valence-corrected chi connectivity index (χ1v) is 6.41. The van der Waals surface area contributed by atoms with E-state index in [4.69, 9.17) is 4.74 Å². The first-order valence-electron chi connectivity index (χ1n) is 6.41. The van der Waals surface area contributed by atoms with Crippen LogP contribution in [0.25, 0.3) is 0 Å². The van der Waals surface area contributed by atoms with E-state index in [2.05, 4.69) is 24.1 Å². The van der Waals surface area contributed by atoms with E-state index in [0.29, 0.717) is 5.92 Å². The molecule has 1 aromatic heterocycles. The summed E-state index contributed by atoms with van der Waals surface area (Å²) in [4.78, 5) is 4.50. The monoisotopic (exact) mass is 236 g/mol. The van der Waals surface area contributed by atoms with Gasteiger partial charge in [0.1, 0.15) is 5.75 Å². The zero-order valence-electron chi connectivity index (χ0n) is 11.4. The maximum atomic E-state index is 5.86. The molecule has 0 saturated carbocycles. The molecule has 96 valence electrons. The van der Waals surface area contributed by atoms with Gasteiger partial charge in [0.05, 0.1) is 12.3 Å². The van der Waals surface area contributed by atoms with Crippen LogP contribution in [0, 0.1) is 12.8 Å². The lowest BCUT2D eigenvalue weighted by Crippen LogP contribution is -2.13. The fourth-order valence-corrected chi connectivity index (χ4v) is 1.83. The molecule has 1 heterocycles. The summed E-state index contributed by atoms with van der Waals surface area (Å²) in [6.07, 6.45) is 2.42. The molecule has 1 rings (SSSR count).